The number of methoxy groups -OCH3 is 1. The Morgan fingerprint density at radius 1 is 1.24 bits per heavy atom. The van der Waals surface area contributed by atoms with E-state index in [9.17, 15) is 0 Å². The molecule has 2 aromatic rings. The zero-order valence-corrected chi connectivity index (χ0v) is 10.1. The summed E-state index contributed by atoms with van der Waals surface area (Å²) in [5.41, 5.74) is 6.66. The molecule has 0 radical (unpaired) electrons. The minimum atomic E-state index is 0.749. The maximum atomic E-state index is 5.51. The highest BCUT2D eigenvalue weighted by molar-refractivity contribution is 5.85. The number of hydrogen-bond acceptors (Lipinski definition) is 3. The van der Waals surface area contributed by atoms with Gasteiger partial charge in [-0.15, -0.1) is 0 Å². The second-order valence-corrected chi connectivity index (χ2v) is 4.09. The third kappa shape index (κ3) is 2.74. The molecule has 1 aromatic carbocycles. The van der Waals surface area contributed by atoms with Crippen LogP contribution in [0.1, 0.15) is 18.5 Å². The van der Waals surface area contributed by atoms with Crippen molar-refractivity contribution in [1.82, 2.24) is 4.98 Å². The quantitative estimate of drug-likeness (QED) is 0.803. The first kappa shape index (κ1) is 11.9. The molecule has 0 saturated carbocycles. The Labute approximate surface area is 102 Å². The van der Waals surface area contributed by atoms with Crippen LogP contribution in [0.3, 0.4) is 0 Å². The van der Waals surface area contributed by atoms with Crippen LogP contribution in [-0.4, -0.2) is 18.6 Å². The molecule has 0 aliphatic carbocycles. The number of unbranched alkanes of at least 4 members (excludes halogenated alkanes) is 1. The normalized spacial score (nSPS) is 10.7. The topological polar surface area (TPSA) is 48.1 Å². The fourth-order valence-electron chi connectivity index (χ4n) is 1.98. The summed E-state index contributed by atoms with van der Waals surface area (Å²) < 4.78 is 5.22. The van der Waals surface area contributed by atoms with Gasteiger partial charge in [0.2, 0.25) is 0 Å². The molecule has 0 amide bonds. The number of nitrogens with two attached hydrogens (primary N) is 1. The van der Waals surface area contributed by atoms with Crippen LogP contribution in [0.2, 0.25) is 0 Å². The summed E-state index contributed by atoms with van der Waals surface area (Å²) in [7, 11) is 1.69. The molecule has 3 nitrogen and oxygen atoms in total. The SMILES string of the molecule is COc1ccc2c(CCCCN)nccc2c1. The molecule has 0 bridgehead atoms. The molecule has 1 aromatic heterocycles. The average Bonchev–Trinajstić information content (AvgIpc) is 2.38. The molecule has 17 heavy (non-hydrogen) atoms. The Balaban J connectivity index is 2.30. The smallest absolute Gasteiger partial charge is 0.119 e. The van der Waals surface area contributed by atoms with Crippen molar-refractivity contribution in [2.45, 2.75) is 19.3 Å². The minimum absolute atomic E-state index is 0.749. The fourth-order valence-corrected chi connectivity index (χ4v) is 1.98. The summed E-state index contributed by atoms with van der Waals surface area (Å²) in [5.74, 6) is 0.886. The van der Waals surface area contributed by atoms with E-state index in [4.69, 9.17) is 10.5 Å². The lowest BCUT2D eigenvalue weighted by Crippen LogP contribution is -2.00. The number of rotatable bonds is 5. The van der Waals surface area contributed by atoms with Crippen molar-refractivity contribution >= 4 is 10.8 Å². The predicted molar refractivity (Wildman–Crippen MR) is 70.3 cm³/mol. The minimum Gasteiger partial charge on any atom is -0.497 e. The van der Waals surface area contributed by atoms with E-state index in [1.807, 2.05) is 24.4 Å². The first-order valence-electron chi connectivity index (χ1n) is 5.97. The molecule has 1 heterocycles. The van der Waals surface area contributed by atoms with Crippen molar-refractivity contribution in [3.05, 3.63) is 36.2 Å². The Kier molecular flexibility index (Phi) is 3.94. The molecule has 0 unspecified atom stereocenters. The highest BCUT2D eigenvalue weighted by Gasteiger charge is 2.03. The van der Waals surface area contributed by atoms with Crippen molar-refractivity contribution in [2.75, 3.05) is 13.7 Å². The highest BCUT2D eigenvalue weighted by Crippen LogP contribution is 2.23. The number of aromatic nitrogens is 1. The van der Waals surface area contributed by atoms with Crippen molar-refractivity contribution < 1.29 is 4.74 Å². The molecule has 0 aliphatic heterocycles. The summed E-state index contributed by atoms with van der Waals surface area (Å²) in [5, 5.41) is 2.40. The lowest BCUT2D eigenvalue weighted by Gasteiger charge is -2.07. The van der Waals surface area contributed by atoms with Gasteiger partial charge in [0.15, 0.2) is 0 Å². The molecule has 3 heteroatoms. The van der Waals surface area contributed by atoms with Gasteiger partial charge in [0.05, 0.1) is 7.11 Å². The van der Waals surface area contributed by atoms with E-state index < -0.39 is 0 Å². The summed E-state index contributed by atoms with van der Waals surface area (Å²) in [6, 6.07) is 8.13. The largest absolute Gasteiger partial charge is 0.497 e. The molecule has 0 fully saturated rings. The van der Waals surface area contributed by atoms with Crippen LogP contribution in [0, 0.1) is 0 Å². The van der Waals surface area contributed by atoms with Gasteiger partial charge in [-0.05, 0) is 55.5 Å². The van der Waals surface area contributed by atoms with E-state index in [0.29, 0.717) is 0 Å². The molecule has 90 valence electrons. The van der Waals surface area contributed by atoms with E-state index >= 15 is 0 Å². The average molecular weight is 230 g/mol. The Hall–Kier alpha value is -1.61. The first-order chi connectivity index (χ1) is 8.35. The zero-order valence-electron chi connectivity index (χ0n) is 10.1. The van der Waals surface area contributed by atoms with Crippen molar-refractivity contribution in [2.24, 2.45) is 5.73 Å². The van der Waals surface area contributed by atoms with Crippen LogP contribution >= 0.6 is 0 Å². The Morgan fingerprint density at radius 2 is 2.12 bits per heavy atom. The second-order valence-electron chi connectivity index (χ2n) is 4.09. The molecule has 0 aliphatic rings. The number of fused-ring (bicyclic) bond motifs is 1. The maximum absolute atomic E-state index is 5.51. The molecule has 0 atom stereocenters. The summed E-state index contributed by atoms with van der Waals surface area (Å²) in [6.45, 7) is 0.749. The van der Waals surface area contributed by atoms with E-state index in [2.05, 4.69) is 11.1 Å². The monoisotopic (exact) mass is 230 g/mol. The van der Waals surface area contributed by atoms with Gasteiger partial charge in [0.25, 0.3) is 0 Å². The molecular weight excluding hydrogens is 212 g/mol. The number of ether oxygens (including phenoxy) is 1. The maximum Gasteiger partial charge on any atom is 0.119 e. The Bertz CT molecular complexity index is 497. The van der Waals surface area contributed by atoms with Crippen molar-refractivity contribution in [1.29, 1.82) is 0 Å². The zero-order chi connectivity index (χ0) is 12.1. The van der Waals surface area contributed by atoms with Gasteiger partial charge in [-0.25, -0.2) is 0 Å². The highest BCUT2D eigenvalue weighted by atomic mass is 16.5. The van der Waals surface area contributed by atoms with E-state index in [1.165, 1.54) is 10.8 Å². The van der Waals surface area contributed by atoms with Crippen LogP contribution < -0.4 is 10.5 Å². The van der Waals surface area contributed by atoms with Gasteiger partial charge in [-0.1, -0.05) is 0 Å². The standard InChI is InChI=1S/C14H18N2O/c1-17-12-5-6-13-11(10-12)7-9-16-14(13)4-2-3-8-15/h5-7,9-10H,2-4,8,15H2,1H3. The van der Waals surface area contributed by atoms with Gasteiger partial charge in [0, 0.05) is 17.3 Å². The molecule has 2 N–H and O–H groups in total. The third-order valence-electron chi connectivity index (χ3n) is 2.92. The summed E-state index contributed by atoms with van der Waals surface area (Å²) in [4.78, 5) is 4.45. The van der Waals surface area contributed by atoms with Crippen LogP contribution in [0.4, 0.5) is 0 Å². The van der Waals surface area contributed by atoms with E-state index in [0.717, 1.165) is 37.3 Å². The van der Waals surface area contributed by atoms with Crippen molar-refractivity contribution in [3.63, 3.8) is 0 Å². The fraction of sp³-hybridized carbons (Fsp3) is 0.357. The molecule has 2 rings (SSSR count). The van der Waals surface area contributed by atoms with Gasteiger partial charge >= 0.3 is 0 Å². The number of benzene rings is 1. The van der Waals surface area contributed by atoms with Gasteiger partial charge in [-0.3, -0.25) is 4.98 Å². The Morgan fingerprint density at radius 3 is 2.88 bits per heavy atom. The van der Waals surface area contributed by atoms with Crippen molar-refractivity contribution in [3.8, 4) is 5.75 Å². The first-order valence-corrected chi connectivity index (χ1v) is 5.97. The van der Waals surface area contributed by atoms with Gasteiger partial charge in [0.1, 0.15) is 5.75 Å². The summed E-state index contributed by atoms with van der Waals surface area (Å²) in [6.07, 6.45) is 4.99. The number of aryl methyl sites for hydroxylation is 1. The molecule has 0 saturated heterocycles. The predicted octanol–water partition coefficient (Wildman–Crippen LogP) is 2.52. The number of pyridine rings is 1. The summed E-state index contributed by atoms with van der Waals surface area (Å²) >= 11 is 0. The molecule has 0 spiro atoms. The van der Waals surface area contributed by atoms with Gasteiger partial charge in [-0.2, -0.15) is 0 Å². The van der Waals surface area contributed by atoms with Crippen LogP contribution in [0.25, 0.3) is 10.8 Å². The third-order valence-corrected chi connectivity index (χ3v) is 2.92. The second kappa shape index (κ2) is 5.64. The van der Waals surface area contributed by atoms with Crippen LogP contribution in [-0.2, 0) is 6.42 Å². The number of nitrogens with zero attached hydrogens (tertiary/aromatic N) is 1. The van der Waals surface area contributed by atoms with E-state index in [1.54, 1.807) is 7.11 Å². The van der Waals surface area contributed by atoms with Crippen LogP contribution in [0.15, 0.2) is 30.5 Å². The molecular formula is C14H18N2O. The lowest BCUT2D eigenvalue weighted by atomic mass is 10.1. The van der Waals surface area contributed by atoms with Crippen LogP contribution in [0.5, 0.6) is 5.75 Å². The number of hydrogen-bond donors (Lipinski definition) is 1. The van der Waals surface area contributed by atoms with Gasteiger partial charge < -0.3 is 10.5 Å². The lowest BCUT2D eigenvalue weighted by molar-refractivity contribution is 0.415. The van der Waals surface area contributed by atoms with E-state index in [-0.39, 0.29) is 0 Å².